The van der Waals surface area contributed by atoms with E-state index in [1.807, 2.05) is 0 Å². The van der Waals surface area contributed by atoms with E-state index in [4.69, 9.17) is 0 Å². The first-order valence-electron chi connectivity index (χ1n) is 5.32. The number of hydrogen-bond donors (Lipinski definition) is 0. The van der Waals surface area contributed by atoms with Crippen LogP contribution in [0, 0.1) is 5.92 Å². The highest BCUT2D eigenvalue weighted by Gasteiger charge is 2.14. The van der Waals surface area contributed by atoms with Crippen molar-refractivity contribution in [3.05, 3.63) is 35.9 Å². The lowest BCUT2D eigenvalue weighted by Crippen LogP contribution is -2.21. The molecule has 0 saturated carbocycles. The molecule has 0 saturated heterocycles. The molecule has 1 nitrogen and oxygen atoms in total. The van der Waals surface area contributed by atoms with Gasteiger partial charge in [0.15, 0.2) is 0 Å². The zero-order valence-electron chi connectivity index (χ0n) is 9.70. The molecule has 0 bridgehead atoms. The van der Waals surface area contributed by atoms with Crippen molar-refractivity contribution in [2.45, 2.75) is 26.3 Å². The third-order valence-electron chi connectivity index (χ3n) is 2.50. The summed E-state index contributed by atoms with van der Waals surface area (Å²) in [5, 5.41) is 0. The van der Waals surface area contributed by atoms with Gasteiger partial charge in [0.1, 0.15) is 0 Å². The van der Waals surface area contributed by atoms with Crippen molar-refractivity contribution >= 4 is 0 Å². The van der Waals surface area contributed by atoms with Gasteiger partial charge in [-0.05, 0) is 32.0 Å². The molecule has 0 unspecified atom stereocenters. The Labute approximate surface area is 87.7 Å². The smallest absolute Gasteiger partial charge is 0.0344 e. The molecule has 0 fully saturated rings. The first kappa shape index (κ1) is 11.3. The van der Waals surface area contributed by atoms with E-state index in [0.29, 0.717) is 6.04 Å². The monoisotopic (exact) mass is 191 g/mol. The lowest BCUT2D eigenvalue weighted by Gasteiger charge is -2.26. The van der Waals surface area contributed by atoms with Gasteiger partial charge in [0.05, 0.1) is 0 Å². The predicted molar refractivity (Wildman–Crippen MR) is 62.3 cm³/mol. The summed E-state index contributed by atoms with van der Waals surface area (Å²) in [7, 11) is 4.31. The Hall–Kier alpha value is -0.820. The molecule has 0 N–H and O–H groups in total. The van der Waals surface area contributed by atoms with Gasteiger partial charge in [-0.25, -0.2) is 0 Å². The fourth-order valence-corrected chi connectivity index (χ4v) is 1.77. The quantitative estimate of drug-likeness (QED) is 0.705. The van der Waals surface area contributed by atoms with Crippen LogP contribution in [0.5, 0.6) is 0 Å². The van der Waals surface area contributed by atoms with Gasteiger partial charge in [-0.2, -0.15) is 0 Å². The van der Waals surface area contributed by atoms with Crippen LogP contribution in [0.2, 0.25) is 0 Å². The maximum atomic E-state index is 2.30. The molecule has 0 radical (unpaired) electrons. The Morgan fingerprint density at radius 1 is 1.07 bits per heavy atom. The fraction of sp³-hybridized carbons (Fsp3) is 0.538. The van der Waals surface area contributed by atoms with Gasteiger partial charge in [-0.15, -0.1) is 0 Å². The lowest BCUT2D eigenvalue weighted by molar-refractivity contribution is 0.259. The molecule has 1 rings (SSSR count). The van der Waals surface area contributed by atoms with Crippen LogP contribution in [0.4, 0.5) is 0 Å². The van der Waals surface area contributed by atoms with Crippen molar-refractivity contribution < 1.29 is 0 Å². The van der Waals surface area contributed by atoms with Crippen molar-refractivity contribution in [2.75, 3.05) is 14.1 Å². The van der Waals surface area contributed by atoms with E-state index in [1.54, 1.807) is 0 Å². The Bertz CT molecular complexity index is 251. The Morgan fingerprint density at radius 3 is 2.07 bits per heavy atom. The van der Waals surface area contributed by atoms with Crippen LogP contribution in [0.25, 0.3) is 0 Å². The molecule has 0 spiro atoms. The van der Waals surface area contributed by atoms with Crippen molar-refractivity contribution in [3.8, 4) is 0 Å². The fourth-order valence-electron chi connectivity index (χ4n) is 1.77. The Kier molecular flexibility index (Phi) is 4.15. The topological polar surface area (TPSA) is 3.24 Å². The minimum Gasteiger partial charge on any atom is -0.302 e. The van der Waals surface area contributed by atoms with E-state index in [0.717, 1.165) is 5.92 Å². The van der Waals surface area contributed by atoms with Crippen LogP contribution in [0.3, 0.4) is 0 Å². The van der Waals surface area contributed by atoms with E-state index in [1.165, 1.54) is 12.0 Å². The second-order valence-corrected chi connectivity index (χ2v) is 4.52. The SMILES string of the molecule is CC(C)C[C@H](c1ccccc1)N(C)C. The highest BCUT2D eigenvalue weighted by Crippen LogP contribution is 2.25. The third kappa shape index (κ3) is 3.15. The van der Waals surface area contributed by atoms with Crippen molar-refractivity contribution in [2.24, 2.45) is 5.92 Å². The summed E-state index contributed by atoms with van der Waals surface area (Å²) in [6.07, 6.45) is 1.22. The minimum atomic E-state index is 0.552. The Morgan fingerprint density at radius 2 is 1.64 bits per heavy atom. The average Bonchev–Trinajstić information content (AvgIpc) is 2.15. The zero-order valence-corrected chi connectivity index (χ0v) is 9.70. The molecular formula is C13H21N. The van der Waals surface area contributed by atoms with Crippen molar-refractivity contribution in [3.63, 3.8) is 0 Å². The van der Waals surface area contributed by atoms with E-state index in [2.05, 4.69) is 63.2 Å². The maximum absolute atomic E-state index is 2.30. The maximum Gasteiger partial charge on any atom is 0.0344 e. The van der Waals surface area contributed by atoms with Gasteiger partial charge in [0.25, 0.3) is 0 Å². The van der Waals surface area contributed by atoms with E-state index >= 15 is 0 Å². The molecule has 0 aromatic heterocycles. The number of hydrogen-bond acceptors (Lipinski definition) is 1. The zero-order chi connectivity index (χ0) is 10.6. The highest BCUT2D eigenvalue weighted by molar-refractivity contribution is 5.18. The second kappa shape index (κ2) is 5.16. The van der Waals surface area contributed by atoms with E-state index in [-0.39, 0.29) is 0 Å². The van der Waals surface area contributed by atoms with Crippen LogP contribution in [0.1, 0.15) is 31.9 Å². The summed E-state index contributed by atoms with van der Waals surface area (Å²) in [6, 6.07) is 11.3. The molecule has 1 aromatic rings. The van der Waals surface area contributed by atoms with Crippen LogP contribution < -0.4 is 0 Å². The van der Waals surface area contributed by atoms with Gasteiger partial charge in [0, 0.05) is 6.04 Å². The summed E-state index contributed by atoms with van der Waals surface area (Å²) >= 11 is 0. The van der Waals surface area contributed by atoms with E-state index < -0.39 is 0 Å². The minimum absolute atomic E-state index is 0.552. The lowest BCUT2D eigenvalue weighted by atomic mass is 9.96. The molecule has 14 heavy (non-hydrogen) atoms. The van der Waals surface area contributed by atoms with Gasteiger partial charge in [-0.1, -0.05) is 44.2 Å². The molecule has 1 heteroatoms. The standard InChI is InChI=1S/C13H21N/c1-11(2)10-13(14(3)4)12-8-6-5-7-9-12/h5-9,11,13H,10H2,1-4H3/t13-/m1/s1. The molecule has 0 aliphatic heterocycles. The third-order valence-corrected chi connectivity index (χ3v) is 2.50. The summed E-state index contributed by atoms with van der Waals surface area (Å²) in [5.41, 5.74) is 1.42. The number of benzene rings is 1. The predicted octanol–water partition coefficient (Wildman–Crippen LogP) is 3.34. The molecule has 0 amide bonds. The van der Waals surface area contributed by atoms with Crippen LogP contribution in [0.15, 0.2) is 30.3 Å². The molecule has 0 aliphatic carbocycles. The largest absolute Gasteiger partial charge is 0.302 e. The molecule has 0 aliphatic rings. The van der Waals surface area contributed by atoms with E-state index in [9.17, 15) is 0 Å². The van der Waals surface area contributed by atoms with Gasteiger partial charge >= 0.3 is 0 Å². The molecule has 1 aromatic carbocycles. The van der Waals surface area contributed by atoms with Gasteiger partial charge in [0.2, 0.25) is 0 Å². The van der Waals surface area contributed by atoms with Crippen molar-refractivity contribution in [1.82, 2.24) is 4.90 Å². The van der Waals surface area contributed by atoms with Crippen LogP contribution in [-0.2, 0) is 0 Å². The highest BCUT2D eigenvalue weighted by atomic mass is 15.1. The summed E-state index contributed by atoms with van der Waals surface area (Å²) in [4.78, 5) is 2.30. The van der Waals surface area contributed by atoms with Crippen LogP contribution >= 0.6 is 0 Å². The van der Waals surface area contributed by atoms with Crippen molar-refractivity contribution in [1.29, 1.82) is 0 Å². The van der Waals surface area contributed by atoms with Crippen LogP contribution in [-0.4, -0.2) is 19.0 Å². The van der Waals surface area contributed by atoms with Gasteiger partial charge < -0.3 is 4.90 Å². The molecule has 1 atom stereocenters. The number of nitrogens with zero attached hydrogens (tertiary/aromatic N) is 1. The normalized spacial score (nSPS) is 13.6. The first-order valence-corrected chi connectivity index (χ1v) is 5.32. The summed E-state index contributed by atoms with van der Waals surface area (Å²) < 4.78 is 0. The first-order chi connectivity index (χ1) is 6.61. The molecule has 78 valence electrons. The summed E-state index contributed by atoms with van der Waals surface area (Å²) in [5.74, 6) is 0.739. The Balaban J connectivity index is 2.78. The molecular weight excluding hydrogens is 170 g/mol. The average molecular weight is 191 g/mol. The molecule has 0 heterocycles. The second-order valence-electron chi connectivity index (χ2n) is 4.52. The summed E-state index contributed by atoms with van der Waals surface area (Å²) in [6.45, 7) is 4.55. The number of rotatable bonds is 4. The van der Waals surface area contributed by atoms with Gasteiger partial charge in [-0.3, -0.25) is 0 Å².